The summed E-state index contributed by atoms with van der Waals surface area (Å²) in [5, 5.41) is 3.23. The van der Waals surface area contributed by atoms with E-state index in [0.717, 1.165) is 22.2 Å². The van der Waals surface area contributed by atoms with Crippen molar-refractivity contribution in [2.75, 3.05) is 20.7 Å². The van der Waals surface area contributed by atoms with E-state index < -0.39 is 0 Å². The molecule has 1 N–H and O–H groups in total. The van der Waals surface area contributed by atoms with E-state index >= 15 is 0 Å². The third-order valence-corrected chi connectivity index (χ3v) is 5.64. The van der Waals surface area contributed by atoms with E-state index in [4.69, 9.17) is 4.74 Å². The smallest absolute Gasteiger partial charge is 0.234 e. The second-order valence-corrected chi connectivity index (χ2v) is 7.99. The van der Waals surface area contributed by atoms with Crippen LogP contribution in [0, 0.1) is 11.8 Å². The Morgan fingerprint density at radius 3 is 2.83 bits per heavy atom. The number of rotatable bonds is 6. The van der Waals surface area contributed by atoms with Gasteiger partial charge < -0.3 is 10.1 Å². The molecule has 0 spiro atoms. The lowest BCUT2D eigenvalue weighted by Gasteiger charge is -2.35. The Balaban J connectivity index is 1.89. The molecule has 4 nitrogen and oxygen atoms in total. The van der Waals surface area contributed by atoms with Crippen molar-refractivity contribution in [2.45, 2.75) is 45.7 Å². The predicted molar refractivity (Wildman–Crippen MR) is 101 cm³/mol. The second-order valence-electron chi connectivity index (χ2n) is 7.07. The zero-order valence-corrected chi connectivity index (χ0v) is 16.7. The van der Waals surface area contributed by atoms with Crippen LogP contribution < -0.4 is 10.1 Å². The highest BCUT2D eigenvalue weighted by atomic mass is 79.9. The van der Waals surface area contributed by atoms with Crippen LogP contribution in [0.1, 0.15) is 38.7 Å². The van der Waals surface area contributed by atoms with Crippen LogP contribution in [0.15, 0.2) is 22.7 Å². The summed E-state index contributed by atoms with van der Waals surface area (Å²) in [4.78, 5) is 14.4. The molecule has 1 fully saturated rings. The van der Waals surface area contributed by atoms with Gasteiger partial charge in [0.15, 0.2) is 0 Å². The molecular formula is C19H29BrN2O2. The van der Waals surface area contributed by atoms with Gasteiger partial charge in [-0.3, -0.25) is 9.69 Å². The highest BCUT2D eigenvalue weighted by molar-refractivity contribution is 9.10. The molecular weight excluding hydrogens is 368 g/mol. The Morgan fingerprint density at radius 2 is 2.12 bits per heavy atom. The number of ether oxygens (including phenoxy) is 1. The SMILES string of the molecule is COc1ccc(Br)cc1CN(C)CC(=O)N[C@H]1CCC[C@@H](C)[C@@H]1C. The maximum Gasteiger partial charge on any atom is 0.234 e. The second kappa shape index (κ2) is 8.86. The van der Waals surface area contributed by atoms with Crippen LogP contribution in [0.3, 0.4) is 0 Å². The first-order valence-corrected chi connectivity index (χ1v) is 9.50. The Labute approximate surface area is 154 Å². The van der Waals surface area contributed by atoms with Gasteiger partial charge in [0.1, 0.15) is 5.75 Å². The van der Waals surface area contributed by atoms with Gasteiger partial charge in [-0.05, 0) is 43.5 Å². The number of hydrogen-bond donors (Lipinski definition) is 1. The first kappa shape index (κ1) is 19.3. The number of likely N-dealkylation sites (N-methyl/N-ethyl adjacent to an activating group) is 1. The van der Waals surface area contributed by atoms with Crippen molar-refractivity contribution in [1.29, 1.82) is 0 Å². The Kier molecular flexibility index (Phi) is 7.11. The van der Waals surface area contributed by atoms with Crippen molar-refractivity contribution in [3.05, 3.63) is 28.2 Å². The first-order valence-electron chi connectivity index (χ1n) is 8.71. The molecule has 1 aromatic rings. The molecule has 2 rings (SSSR count). The standard InChI is InChI=1S/C19H29BrN2O2/c1-13-6-5-7-17(14(13)2)21-19(23)12-22(3)11-15-10-16(20)8-9-18(15)24-4/h8-10,13-14,17H,5-7,11-12H2,1-4H3,(H,21,23)/t13-,14+,17+/m1/s1. The van der Waals surface area contributed by atoms with E-state index in [1.54, 1.807) is 7.11 Å². The molecule has 3 atom stereocenters. The molecule has 0 unspecified atom stereocenters. The summed E-state index contributed by atoms with van der Waals surface area (Å²) in [6, 6.07) is 6.26. The summed E-state index contributed by atoms with van der Waals surface area (Å²) < 4.78 is 6.42. The number of carbonyl (C=O) groups is 1. The fourth-order valence-corrected chi connectivity index (χ4v) is 3.91. The van der Waals surface area contributed by atoms with E-state index in [1.165, 1.54) is 12.8 Å². The number of halogens is 1. The number of nitrogens with one attached hydrogen (secondary N) is 1. The van der Waals surface area contributed by atoms with Crippen LogP contribution in [0.25, 0.3) is 0 Å². The van der Waals surface area contributed by atoms with Crippen LogP contribution in [-0.4, -0.2) is 37.6 Å². The Morgan fingerprint density at radius 1 is 1.38 bits per heavy atom. The van der Waals surface area contributed by atoms with Crippen molar-refractivity contribution < 1.29 is 9.53 Å². The van der Waals surface area contributed by atoms with Gasteiger partial charge in [-0.15, -0.1) is 0 Å². The number of carbonyl (C=O) groups excluding carboxylic acids is 1. The number of amides is 1. The topological polar surface area (TPSA) is 41.6 Å². The quantitative estimate of drug-likeness (QED) is 0.793. The van der Waals surface area contributed by atoms with Gasteiger partial charge in [0, 0.05) is 22.6 Å². The average Bonchev–Trinajstić information content (AvgIpc) is 2.52. The molecule has 5 heteroatoms. The van der Waals surface area contributed by atoms with Gasteiger partial charge in [0.05, 0.1) is 13.7 Å². The van der Waals surface area contributed by atoms with Gasteiger partial charge in [-0.2, -0.15) is 0 Å². The van der Waals surface area contributed by atoms with Crippen LogP contribution in [0.4, 0.5) is 0 Å². The minimum absolute atomic E-state index is 0.109. The van der Waals surface area contributed by atoms with E-state index in [9.17, 15) is 4.79 Å². The summed E-state index contributed by atoms with van der Waals surface area (Å²) in [5.41, 5.74) is 1.07. The monoisotopic (exact) mass is 396 g/mol. The van der Waals surface area contributed by atoms with Gasteiger partial charge >= 0.3 is 0 Å². The zero-order chi connectivity index (χ0) is 17.7. The molecule has 1 amide bonds. The molecule has 24 heavy (non-hydrogen) atoms. The molecule has 1 saturated carbocycles. The highest BCUT2D eigenvalue weighted by Gasteiger charge is 2.28. The van der Waals surface area contributed by atoms with Gasteiger partial charge in [-0.1, -0.05) is 42.6 Å². The maximum absolute atomic E-state index is 12.4. The molecule has 134 valence electrons. The molecule has 0 aromatic heterocycles. The minimum atomic E-state index is 0.109. The molecule has 1 aliphatic carbocycles. The third kappa shape index (κ3) is 5.21. The minimum Gasteiger partial charge on any atom is -0.496 e. The molecule has 1 aliphatic rings. The third-order valence-electron chi connectivity index (χ3n) is 5.15. The van der Waals surface area contributed by atoms with Crippen molar-refractivity contribution in [3.8, 4) is 5.75 Å². The average molecular weight is 397 g/mol. The van der Waals surface area contributed by atoms with Crippen molar-refractivity contribution >= 4 is 21.8 Å². The van der Waals surface area contributed by atoms with Crippen molar-refractivity contribution in [3.63, 3.8) is 0 Å². The molecule has 0 saturated heterocycles. The molecule has 0 aliphatic heterocycles. The molecule has 1 aromatic carbocycles. The van der Waals surface area contributed by atoms with Gasteiger partial charge in [0.25, 0.3) is 0 Å². The first-order chi connectivity index (χ1) is 11.4. The Hall–Kier alpha value is -1.07. The van der Waals surface area contributed by atoms with Crippen molar-refractivity contribution in [1.82, 2.24) is 10.2 Å². The van der Waals surface area contributed by atoms with E-state index in [0.29, 0.717) is 31.0 Å². The lowest BCUT2D eigenvalue weighted by Crippen LogP contribution is -2.46. The number of hydrogen-bond acceptors (Lipinski definition) is 3. The molecule has 0 radical (unpaired) electrons. The van der Waals surface area contributed by atoms with Crippen molar-refractivity contribution in [2.24, 2.45) is 11.8 Å². The lowest BCUT2D eigenvalue weighted by atomic mass is 9.78. The molecule has 0 bridgehead atoms. The highest BCUT2D eigenvalue weighted by Crippen LogP contribution is 2.29. The fourth-order valence-electron chi connectivity index (χ4n) is 3.50. The van der Waals surface area contributed by atoms with Crippen LogP contribution in [0.2, 0.25) is 0 Å². The summed E-state index contributed by atoms with van der Waals surface area (Å²) in [5.74, 6) is 2.20. The van der Waals surface area contributed by atoms with Gasteiger partial charge in [-0.25, -0.2) is 0 Å². The summed E-state index contributed by atoms with van der Waals surface area (Å²) >= 11 is 3.49. The van der Waals surface area contributed by atoms with Crippen LogP contribution in [-0.2, 0) is 11.3 Å². The summed E-state index contributed by atoms with van der Waals surface area (Å²) in [7, 11) is 3.64. The maximum atomic E-state index is 12.4. The van der Waals surface area contributed by atoms with E-state index in [-0.39, 0.29) is 5.91 Å². The van der Waals surface area contributed by atoms with E-state index in [2.05, 4.69) is 35.1 Å². The predicted octanol–water partition coefficient (Wildman–Crippen LogP) is 3.83. The number of nitrogens with zero attached hydrogens (tertiary/aromatic N) is 1. The van der Waals surface area contributed by atoms with Crippen LogP contribution in [0.5, 0.6) is 5.75 Å². The molecule has 0 heterocycles. The lowest BCUT2D eigenvalue weighted by molar-refractivity contribution is -0.123. The number of benzene rings is 1. The summed E-state index contributed by atoms with van der Waals surface area (Å²) in [6.45, 7) is 5.61. The number of methoxy groups -OCH3 is 1. The normalized spacial score (nSPS) is 24.0. The zero-order valence-electron chi connectivity index (χ0n) is 15.1. The summed E-state index contributed by atoms with van der Waals surface area (Å²) in [6.07, 6.45) is 3.58. The van der Waals surface area contributed by atoms with Gasteiger partial charge in [0.2, 0.25) is 5.91 Å². The fraction of sp³-hybridized carbons (Fsp3) is 0.632. The van der Waals surface area contributed by atoms with Crippen LogP contribution >= 0.6 is 15.9 Å². The largest absolute Gasteiger partial charge is 0.496 e. The Bertz CT molecular complexity index is 564. The van der Waals surface area contributed by atoms with E-state index in [1.807, 2.05) is 30.1 Å².